The Kier molecular flexibility index (Phi) is 2.87. The highest BCUT2D eigenvalue weighted by molar-refractivity contribution is 7.09. The topological polar surface area (TPSA) is 33.2 Å². The summed E-state index contributed by atoms with van der Waals surface area (Å²) in [5, 5.41) is 3.06. The fraction of sp³-hybridized carbons (Fsp3) is 0.667. The number of fused-ring (bicyclic) bond motifs is 2. The van der Waals surface area contributed by atoms with Crippen molar-refractivity contribution in [2.75, 3.05) is 0 Å². The van der Waals surface area contributed by atoms with Gasteiger partial charge >= 0.3 is 0 Å². The molecule has 92 valence electrons. The van der Waals surface area contributed by atoms with E-state index in [4.69, 9.17) is 11.6 Å². The highest BCUT2D eigenvalue weighted by Crippen LogP contribution is 2.38. The molecule has 2 fully saturated rings. The van der Waals surface area contributed by atoms with Crippen LogP contribution in [0.5, 0.6) is 0 Å². The second-order valence-electron chi connectivity index (χ2n) is 4.92. The number of hydrogen-bond donors (Lipinski definition) is 0. The van der Waals surface area contributed by atoms with E-state index >= 15 is 0 Å². The Morgan fingerprint density at radius 1 is 1.47 bits per heavy atom. The van der Waals surface area contributed by atoms with Crippen molar-refractivity contribution in [1.82, 2.24) is 9.88 Å². The summed E-state index contributed by atoms with van der Waals surface area (Å²) in [5.41, 5.74) is 0.609. The standard InChI is InChI=1S/C12H15ClN2OS/c1-7-14-11(6-17-7)12(16)15-9-2-3-10(15)5-8(13)4-9/h6,8-10H,2-5H2,1H3. The van der Waals surface area contributed by atoms with Crippen molar-refractivity contribution in [3.8, 4) is 0 Å². The molecule has 1 aromatic rings. The van der Waals surface area contributed by atoms with Gasteiger partial charge < -0.3 is 4.90 Å². The lowest BCUT2D eigenvalue weighted by molar-refractivity contribution is 0.0594. The van der Waals surface area contributed by atoms with Gasteiger partial charge in [0.25, 0.3) is 5.91 Å². The van der Waals surface area contributed by atoms with E-state index < -0.39 is 0 Å². The Labute approximate surface area is 110 Å². The lowest BCUT2D eigenvalue weighted by Gasteiger charge is -2.36. The number of thiazole rings is 1. The smallest absolute Gasteiger partial charge is 0.273 e. The molecule has 3 rings (SSSR count). The minimum Gasteiger partial charge on any atom is -0.331 e. The maximum Gasteiger partial charge on any atom is 0.273 e. The van der Waals surface area contributed by atoms with E-state index in [9.17, 15) is 4.79 Å². The number of carbonyl (C=O) groups is 1. The molecule has 0 spiro atoms. The second-order valence-corrected chi connectivity index (χ2v) is 6.60. The van der Waals surface area contributed by atoms with E-state index in [-0.39, 0.29) is 11.3 Å². The largest absolute Gasteiger partial charge is 0.331 e. The zero-order valence-electron chi connectivity index (χ0n) is 9.73. The van der Waals surface area contributed by atoms with Gasteiger partial charge in [-0.05, 0) is 32.6 Å². The van der Waals surface area contributed by atoms with E-state index in [1.54, 1.807) is 0 Å². The summed E-state index contributed by atoms with van der Waals surface area (Å²) < 4.78 is 0. The fourth-order valence-electron chi connectivity index (χ4n) is 3.04. The molecule has 2 saturated heterocycles. The van der Waals surface area contributed by atoms with Crippen LogP contribution in [0.1, 0.15) is 41.2 Å². The number of piperidine rings is 1. The number of alkyl halides is 1. The van der Waals surface area contributed by atoms with Crippen LogP contribution in [0.15, 0.2) is 5.38 Å². The van der Waals surface area contributed by atoms with Crippen LogP contribution in [0.4, 0.5) is 0 Å². The van der Waals surface area contributed by atoms with E-state index in [1.807, 2.05) is 17.2 Å². The first-order valence-electron chi connectivity index (χ1n) is 6.04. The summed E-state index contributed by atoms with van der Waals surface area (Å²) in [5.74, 6) is 0.102. The van der Waals surface area contributed by atoms with Crippen molar-refractivity contribution in [3.63, 3.8) is 0 Å². The van der Waals surface area contributed by atoms with Crippen LogP contribution in [0.2, 0.25) is 0 Å². The summed E-state index contributed by atoms with van der Waals surface area (Å²) in [6, 6.07) is 0.677. The summed E-state index contributed by atoms with van der Waals surface area (Å²) in [6.45, 7) is 1.93. The molecule has 0 aromatic carbocycles. The average molecular weight is 271 g/mol. The van der Waals surface area contributed by atoms with Gasteiger partial charge in [0.05, 0.1) is 5.01 Å². The molecule has 0 radical (unpaired) electrons. The molecule has 17 heavy (non-hydrogen) atoms. The molecule has 5 heteroatoms. The first-order valence-corrected chi connectivity index (χ1v) is 7.35. The number of carbonyl (C=O) groups excluding carboxylic acids is 1. The summed E-state index contributed by atoms with van der Waals surface area (Å²) in [7, 11) is 0. The predicted octanol–water partition coefficient (Wildman–Crippen LogP) is 2.83. The Bertz CT molecular complexity index is 433. The molecule has 1 amide bonds. The molecule has 3 nitrogen and oxygen atoms in total. The molecule has 2 aliphatic heterocycles. The van der Waals surface area contributed by atoms with E-state index in [0.29, 0.717) is 17.8 Å². The highest BCUT2D eigenvalue weighted by atomic mass is 35.5. The molecule has 0 aliphatic carbocycles. The molecule has 2 atom stereocenters. The van der Waals surface area contributed by atoms with Gasteiger partial charge in [-0.25, -0.2) is 4.98 Å². The maximum absolute atomic E-state index is 12.4. The van der Waals surface area contributed by atoms with Gasteiger partial charge in [-0.1, -0.05) is 0 Å². The number of nitrogens with zero attached hydrogens (tertiary/aromatic N) is 2. The van der Waals surface area contributed by atoms with Crippen LogP contribution in [0.3, 0.4) is 0 Å². The number of amides is 1. The Morgan fingerprint density at radius 3 is 2.65 bits per heavy atom. The molecule has 2 bridgehead atoms. The fourth-order valence-corrected chi connectivity index (χ4v) is 4.03. The van der Waals surface area contributed by atoms with Crippen molar-refractivity contribution in [2.24, 2.45) is 0 Å². The van der Waals surface area contributed by atoms with Crippen LogP contribution in [0, 0.1) is 6.92 Å². The third-order valence-corrected chi connectivity index (χ3v) is 4.88. The third kappa shape index (κ3) is 1.97. The molecule has 3 heterocycles. The van der Waals surface area contributed by atoms with Crippen molar-refractivity contribution in [1.29, 1.82) is 0 Å². The van der Waals surface area contributed by atoms with E-state index in [0.717, 1.165) is 30.7 Å². The Hall–Kier alpha value is -0.610. The normalized spacial score (nSPS) is 31.9. The molecule has 1 aromatic heterocycles. The zero-order chi connectivity index (χ0) is 12.0. The molecular formula is C12H15ClN2OS. The molecule has 0 saturated carbocycles. The van der Waals surface area contributed by atoms with Crippen molar-refractivity contribution < 1.29 is 4.79 Å². The van der Waals surface area contributed by atoms with Crippen molar-refractivity contribution in [3.05, 3.63) is 16.1 Å². The van der Waals surface area contributed by atoms with E-state index in [2.05, 4.69) is 4.98 Å². The summed E-state index contributed by atoms with van der Waals surface area (Å²) >= 11 is 7.75. The van der Waals surface area contributed by atoms with E-state index in [1.165, 1.54) is 11.3 Å². The summed E-state index contributed by atoms with van der Waals surface area (Å²) in [4.78, 5) is 18.7. The van der Waals surface area contributed by atoms with Gasteiger partial charge in [0.2, 0.25) is 0 Å². The minimum absolute atomic E-state index is 0.102. The molecule has 2 unspecified atom stereocenters. The maximum atomic E-state index is 12.4. The monoisotopic (exact) mass is 270 g/mol. The lowest BCUT2D eigenvalue weighted by Crippen LogP contribution is -2.47. The van der Waals surface area contributed by atoms with Crippen molar-refractivity contribution in [2.45, 2.75) is 50.1 Å². The van der Waals surface area contributed by atoms with Crippen LogP contribution in [-0.4, -0.2) is 33.3 Å². The number of aromatic nitrogens is 1. The minimum atomic E-state index is 0.102. The van der Waals surface area contributed by atoms with Gasteiger partial charge in [-0.2, -0.15) is 0 Å². The first-order chi connectivity index (χ1) is 8.15. The number of halogens is 1. The van der Waals surface area contributed by atoms with Gasteiger partial charge in [0, 0.05) is 22.8 Å². The molecule has 2 aliphatic rings. The zero-order valence-corrected chi connectivity index (χ0v) is 11.3. The van der Waals surface area contributed by atoms with Crippen LogP contribution < -0.4 is 0 Å². The lowest BCUT2D eigenvalue weighted by atomic mass is 10.0. The third-order valence-electron chi connectivity index (χ3n) is 3.75. The predicted molar refractivity (Wildman–Crippen MR) is 68.7 cm³/mol. The Morgan fingerprint density at radius 2 is 2.12 bits per heavy atom. The van der Waals surface area contributed by atoms with Gasteiger partial charge in [0.15, 0.2) is 0 Å². The quantitative estimate of drug-likeness (QED) is 0.735. The van der Waals surface area contributed by atoms with Crippen LogP contribution >= 0.6 is 22.9 Å². The number of hydrogen-bond acceptors (Lipinski definition) is 3. The van der Waals surface area contributed by atoms with Gasteiger partial charge in [0.1, 0.15) is 5.69 Å². The number of rotatable bonds is 1. The Balaban J connectivity index is 1.83. The van der Waals surface area contributed by atoms with Gasteiger partial charge in [-0.3, -0.25) is 4.79 Å². The van der Waals surface area contributed by atoms with Crippen LogP contribution in [-0.2, 0) is 0 Å². The average Bonchev–Trinajstić information content (AvgIpc) is 2.81. The second kappa shape index (κ2) is 4.25. The molecule has 0 N–H and O–H groups in total. The summed E-state index contributed by atoms with van der Waals surface area (Å²) in [6.07, 6.45) is 4.07. The SMILES string of the molecule is Cc1nc(C(=O)N2C3CCC2CC(Cl)C3)cs1. The molecular weight excluding hydrogens is 256 g/mol. The number of aryl methyl sites for hydroxylation is 1. The first kappa shape index (κ1) is 11.5. The van der Waals surface area contributed by atoms with Gasteiger partial charge in [-0.15, -0.1) is 22.9 Å². The van der Waals surface area contributed by atoms with Crippen molar-refractivity contribution >= 4 is 28.8 Å². The highest BCUT2D eigenvalue weighted by Gasteiger charge is 2.43. The van der Waals surface area contributed by atoms with Crippen LogP contribution in [0.25, 0.3) is 0 Å².